The number of ether oxygens (including phenoxy) is 1. The number of rotatable bonds is 3. The molecule has 1 aromatic carbocycles. The molecule has 0 heterocycles. The Morgan fingerprint density at radius 1 is 1.36 bits per heavy atom. The van der Waals surface area contributed by atoms with Crippen LogP contribution in [-0.2, 0) is 0 Å². The summed E-state index contributed by atoms with van der Waals surface area (Å²) >= 11 is 0. The summed E-state index contributed by atoms with van der Waals surface area (Å²) in [5.41, 5.74) is 0.116. The molecule has 76 valence electrons. The Labute approximate surface area is 81.8 Å². The number of hydrogen-bond acceptors (Lipinski definition) is 4. The van der Waals surface area contributed by atoms with Gasteiger partial charge in [0.25, 0.3) is 0 Å². The van der Waals surface area contributed by atoms with Crippen LogP contribution in [0.25, 0.3) is 0 Å². The van der Waals surface area contributed by atoms with Gasteiger partial charge in [-0.25, -0.2) is 0 Å². The summed E-state index contributed by atoms with van der Waals surface area (Å²) in [5, 5.41) is 18.9. The van der Waals surface area contributed by atoms with E-state index in [2.05, 4.69) is 0 Å². The highest BCUT2D eigenvalue weighted by molar-refractivity contribution is 5.99. The summed E-state index contributed by atoms with van der Waals surface area (Å²) < 4.78 is 4.77. The number of phenolic OH excluding ortho intramolecular Hbond substituents is 2. The van der Waals surface area contributed by atoms with Crippen molar-refractivity contribution in [2.24, 2.45) is 0 Å². The van der Waals surface area contributed by atoms with Gasteiger partial charge in [0, 0.05) is 6.42 Å². The summed E-state index contributed by atoms with van der Waals surface area (Å²) in [4.78, 5) is 11.3. The number of carbonyl (C=O) groups is 1. The van der Waals surface area contributed by atoms with E-state index in [0.29, 0.717) is 0 Å². The molecular weight excluding hydrogens is 184 g/mol. The van der Waals surface area contributed by atoms with Crippen molar-refractivity contribution in [3.05, 3.63) is 17.7 Å². The number of aromatic hydroxyl groups is 2. The first-order chi connectivity index (χ1) is 6.61. The van der Waals surface area contributed by atoms with E-state index < -0.39 is 11.5 Å². The van der Waals surface area contributed by atoms with E-state index >= 15 is 0 Å². The van der Waals surface area contributed by atoms with Crippen LogP contribution in [0.3, 0.4) is 0 Å². The van der Waals surface area contributed by atoms with Gasteiger partial charge >= 0.3 is 0 Å². The van der Waals surface area contributed by atoms with Crippen molar-refractivity contribution in [3.8, 4) is 17.2 Å². The van der Waals surface area contributed by atoms with E-state index in [9.17, 15) is 15.0 Å². The van der Waals surface area contributed by atoms with E-state index in [1.807, 2.05) is 0 Å². The normalized spacial score (nSPS) is 9.86. The Kier molecular flexibility index (Phi) is 2.96. The molecule has 0 radical (unpaired) electrons. The molecule has 0 atom stereocenters. The van der Waals surface area contributed by atoms with Gasteiger partial charge in [0.2, 0.25) is 5.75 Å². The van der Waals surface area contributed by atoms with Gasteiger partial charge in [0.1, 0.15) is 0 Å². The fraction of sp³-hybridized carbons (Fsp3) is 0.300. The third-order valence-corrected chi connectivity index (χ3v) is 1.96. The molecule has 0 aliphatic rings. The van der Waals surface area contributed by atoms with Gasteiger partial charge in [-0.05, 0) is 12.1 Å². The highest BCUT2D eigenvalue weighted by atomic mass is 16.5. The van der Waals surface area contributed by atoms with Gasteiger partial charge in [-0.1, -0.05) is 6.92 Å². The number of ketones is 1. The van der Waals surface area contributed by atoms with Crippen LogP contribution >= 0.6 is 0 Å². The Morgan fingerprint density at radius 3 is 2.50 bits per heavy atom. The zero-order chi connectivity index (χ0) is 10.7. The quantitative estimate of drug-likeness (QED) is 0.570. The largest absolute Gasteiger partial charge is 0.504 e. The predicted octanol–water partition coefficient (Wildman–Crippen LogP) is 1.70. The minimum Gasteiger partial charge on any atom is -0.504 e. The zero-order valence-electron chi connectivity index (χ0n) is 8.07. The number of carbonyl (C=O) groups excluding carboxylic acids is 1. The second-order valence-electron chi connectivity index (χ2n) is 2.79. The zero-order valence-corrected chi connectivity index (χ0v) is 8.07. The molecule has 0 saturated carbocycles. The number of hydrogen-bond donors (Lipinski definition) is 2. The molecule has 0 spiro atoms. The smallest absolute Gasteiger partial charge is 0.201 e. The van der Waals surface area contributed by atoms with Crippen LogP contribution in [0.4, 0.5) is 0 Å². The number of methoxy groups -OCH3 is 1. The Balaban J connectivity index is 3.24. The molecule has 4 heteroatoms. The van der Waals surface area contributed by atoms with Crippen molar-refractivity contribution in [2.45, 2.75) is 13.3 Å². The second-order valence-corrected chi connectivity index (χ2v) is 2.79. The average molecular weight is 196 g/mol. The van der Waals surface area contributed by atoms with Gasteiger partial charge in [-0.3, -0.25) is 4.79 Å². The number of phenols is 2. The topological polar surface area (TPSA) is 66.8 Å². The lowest BCUT2D eigenvalue weighted by Crippen LogP contribution is -1.97. The molecule has 1 rings (SSSR count). The van der Waals surface area contributed by atoms with E-state index in [4.69, 9.17) is 4.74 Å². The molecule has 4 nitrogen and oxygen atoms in total. The van der Waals surface area contributed by atoms with Gasteiger partial charge < -0.3 is 14.9 Å². The molecule has 0 unspecified atom stereocenters. The van der Waals surface area contributed by atoms with E-state index in [1.54, 1.807) is 6.92 Å². The van der Waals surface area contributed by atoms with Crippen molar-refractivity contribution in [3.63, 3.8) is 0 Å². The first-order valence-electron chi connectivity index (χ1n) is 4.24. The molecule has 1 aromatic rings. The maximum atomic E-state index is 11.3. The van der Waals surface area contributed by atoms with Crippen LogP contribution in [0.5, 0.6) is 17.2 Å². The van der Waals surface area contributed by atoms with Gasteiger partial charge in [-0.2, -0.15) is 0 Å². The Bertz CT molecular complexity index is 357. The van der Waals surface area contributed by atoms with Crippen LogP contribution in [0, 0.1) is 0 Å². The molecule has 0 aliphatic carbocycles. The number of Topliss-reactive ketones (excluding diaryl/α,β-unsaturated/α-hetero) is 1. The van der Waals surface area contributed by atoms with Crippen molar-refractivity contribution in [2.75, 3.05) is 7.11 Å². The first-order valence-corrected chi connectivity index (χ1v) is 4.24. The molecule has 2 N–H and O–H groups in total. The molecule has 0 bridgehead atoms. The van der Waals surface area contributed by atoms with E-state index in [0.717, 1.165) is 0 Å². The van der Waals surface area contributed by atoms with Crippen molar-refractivity contribution in [1.29, 1.82) is 0 Å². The second kappa shape index (κ2) is 4.00. The molecule has 0 saturated heterocycles. The standard InChI is InChI=1S/C10H12O4/c1-3-7(11)6-4-5-8(14-2)10(13)9(6)12/h4-5,12-13H,3H2,1-2H3. The number of benzene rings is 1. The lowest BCUT2D eigenvalue weighted by atomic mass is 10.1. The fourth-order valence-electron chi connectivity index (χ4n) is 1.14. The summed E-state index contributed by atoms with van der Waals surface area (Å²) in [7, 11) is 1.37. The van der Waals surface area contributed by atoms with Crippen molar-refractivity contribution >= 4 is 5.78 Å². The highest BCUT2D eigenvalue weighted by Crippen LogP contribution is 2.38. The van der Waals surface area contributed by atoms with Gasteiger partial charge in [-0.15, -0.1) is 0 Å². The summed E-state index contributed by atoms with van der Waals surface area (Å²) in [6.07, 6.45) is 0.277. The monoisotopic (exact) mass is 196 g/mol. The van der Waals surface area contributed by atoms with Crippen LogP contribution in [0.2, 0.25) is 0 Å². The van der Waals surface area contributed by atoms with Crippen LogP contribution in [0.15, 0.2) is 12.1 Å². The maximum absolute atomic E-state index is 11.3. The van der Waals surface area contributed by atoms with E-state index in [1.165, 1.54) is 19.2 Å². The molecule has 14 heavy (non-hydrogen) atoms. The Morgan fingerprint density at radius 2 is 2.00 bits per heavy atom. The van der Waals surface area contributed by atoms with Crippen LogP contribution < -0.4 is 4.74 Å². The minimum absolute atomic E-state index is 0.116. The molecule has 0 fully saturated rings. The Hall–Kier alpha value is -1.71. The summed E-state index contributed by atoms with van der Waals surface area (Å²) in [5.74, 6) is -0.890. The lowest BCUT2D eigenvalue weighted by molar-refractivity contribution is 0.0985. The first kappa shape index (κ1) is 10.4. The van der Waals surface area contributed by atoms with Gasteiger partial charge in [0.15, 0.2) is 17.3 Å². The lowest BCUT2D eigenvalue weighted by Gasteiger charge is -2.07. The van der Waals surface area contributed by atoms with Gasteiger partial charge in [0.05, 0.1) is 12.7 Å². The summed E-state index contributed by atoms with van der Waals surface area (Å²) in [6.45, 7) is 1.68. The van der Waals surface area contributed by atoms with E-state index in [-0.39, 0.29) is 23.5 Å². The third-order valence-electron chi connectivity index (χ3n) is 1.96. The third kappa shape index (κ3) is 1.64. The van der Waals surface area contributed by atoms with Crippen molar-refractivity contribution in [1.82, 2.24) is 0 Å². The molecular formula is C10H12O4. The highest BCUT2D eigenvalue weighted by Gasteiger charge is 2.16. The van der Waals surface area contributed by atoms with Crippen LogP contribution in [0.1, 0.15) is 23.7 Å². The molecule has 0 aliphatic heterocycles. The van der Waals surface area contributed by atoms with Crippen molar-refractivity contribution < 1.29 is 19.7 Å². The average Bonchev–Trinajstić information content (AvgIpc) is 2.21. The summed E-state index contributed by atoms with van der Waals surface area (Å²) in [6, 6.07) is 2.87. The minimum atomic E-state index is -0.420. The molecule has 0 amide bonds. The predicted molar refractivity (Wildman–Crippen MR) is 50.9 cm³/mol. The fourth-order valence-corrected chi connectivity index (χ4v) is 1.14. The maximum Gasteiger partial charge on any atom is 0.201 e. The SMILES string of the molecule is CCC(=O)c1ccc(OC)c(O)c1O. The molecule has 0 aromatic heterocycles. The van der Waals surface area contributed by atoms with Crippen LogP contribution in [-0.4, -0.2) is 23.1 Å².